The Balaban J connectivity index is 2.01. The van der Waals surface area contributed by atoms with Crippen LogP contribution in [-0.4, -0.2) is 10.2 Å². The zero-order valence-corrected chi connectivity index (χ0v) is 10.5. The van der Waals surface area contributed by atoms with Crippen LogP contribution in [0.5, 0.6) is 11.5 Å². The van der Waals surface area contributed by atoms with Crippen molar-refractivity contribution in [3.8, 4) is 11.5 Å². The normalized spacial score (nSPS) is 12.3. The summed E-state index contributed by atoms with van der Waals surface area (Å²) in [5.74, 6) is 0.552. The second kappa shape index (κ2) is 5.58. The molecule has 0 aliphatic rings. The molecule has 18 heavy (non-hydrogen) atoms. The minimum atomic E-state index is 0.122. The average molecular weight is 242 g/mol. The first-order valence-corrected chi connectivity index (χ1v) is 6.22. The predicted molar refractivity (Wildman–Crippen MR) is 72.9 cm³/mol. The lowest BCUT2D eigenvalue weighted by molar-refractivity contribution is 0.447. The molecule has 94 valence electrons. The molecule has 0 bridgehead atoms. The van der Waals surface area contributed by atoms with Gasteiger partial charge in [-0.15, -0.1) is 0 Å². The number of hydrogen-bond acceptors (Lipinski definition) is 2. The number of aryl methyl sites for hydroxylation is 1. The Labute approximate surface area is 108 Å². The lowest BCUT2D eigenvalue weighted by Gasteiger charge is -2.12. The second-order valence-electron chi connectivity index (χ2n) is 4.71. The first kappa shape index (κ1) is 12.5. The highest BCUT2D eigenvalue weighted by Gasteiger charge is 2.08. The molecule has 0 spiro atoms. The molecular formula is C16H18O2. The van der Waals surface area contributed by atoms with Crippen molar-refractivity contribution in [2.75, 3.05) is 0 Å². The minimum absolute atomic E-state index is 0.122. The first-order chi connectivity index (χ1) is 8.65. The van der Waals surface area contributed by atoms with Gasteiger partial charge in [0.25, 0.3) is 0 Å². The van der Waals surface area contributed by atoms with Crippen molar-refractivity contribution < 1.29 is 10.2 Å². The molecule has 0 saturated heterocycles. The summed E-state index contributed by atoms with van der Waals surface area (Å²) in [6, 6.07) is 15.1. The molecule has 1 atom stereocenters. The zero-order valence-electron chi connectivity index (χ0n) is 10.5. The third-order valence-electron chi connectivity index (χ3n) is 3.20. The number of benzene rings is 2. The number of phenolic OH excluding ortho intramolecular Hbond substituents is 2. The van der Waals surface area contributed by atoms with Crippen molar-refractivity contribution in [1.29, 1.82) is 0 Å². The molecule has 0 aromatic heterocycles. The fourth-order valence-electron chi connectivity index (χ4n) is 2.10. The van der Waals surface area contributed by atoms with Crippen LogP contribution in [0.4, 0.5) is 0 Å². The number of rotatable bonds is 4. The quantitative estimate of drug-likeness (QED) is 0.855. The number of hydrogen-bond donors (Lipinski definition) is 2. The van der Waals surface area contributed by atoms with Gasteiger partial charge in [0.2, 0.25) is 0 Å². The van der Waals surface area contributed by atoms with Gasteiger partial charge in [-0.1, -0.05) is 37.3 Å². The van der Waals surface area contributed by atoms with Crippen LogP contribution in [0, 0.1) is 0 Å². The van der Waals surface area contributed by atoms with Crippen molar-refractivity contribution >= 4 is 0 Å². The summed E-state index contributed by atoms with van der Waals surface area (Å²) < 4.78 is 0. The molecule has 2 rings (SSSR count). The van der Waals surface area contributed by atoms with Gasteiger partial charge in [-0.05, 0) is 42.0 Å². The zero-order chi connectivity index (χ0) is 13.0. The Morgan fingerprint density at radius 2 is 1.56 bits per heavy atom. The SMILES string of the molecule is CC(CCc1ccccc1)c1cc(O)cc(O)c1. The summed E-state index contributed by atoms with van der Waals surface area (Å²) in [7, 11) is 0. The highest BCUT2D eigenvalue weighted by atomic mass is 16.3. The van der Waals surface area contributed by atoms with Crippen molar-refractivity contribution in [1.82, 2.24) is 0 Å². The van der Waals surface area contributed by atoms with E-state index in [1.807, 2.05) is 18.2 Å². The monoisotopic (exact) mass is 242 g/mol. The second-order valence-corrected chi connectivity index (χ2v) is 4.71. The van der Waals surface area contributed by atoms with E-state index in [1.165, 1.54) is 11.6 Å². The third-order valence-corrected chi connectivity index (χ3v) is 3.20. The van der Waals surface area contributed by atoms with Gasteiger partial charge in [-0.2, -0.15) is 0 Å². The molecule has 0 aliphatic carbocycles. The Morgan fingerprint density at radius 3 is 2.17 bits per heavy atom. The Hall–Kier alpha value is -1.96. The smallest absolute Gasteiger partial charge is 0.119 e. The number of phenols is 2. The van der Waals surface area contributed by atoms with E-state index in [2.05, 4.69) is 19.1 Å². The standard InChI is InChI=1S/C16H18O2/c1-12(7-8-13-5-3-2-4-6-13)14-9-15(17)11-16(18)10-14/h2-6,9-12,17-18H,7-8H2,1H3. The van der Waals surface area contributed by atoms with E-state index in [-0.39, 0.29) is 11.5 Å². The fraction of sp³-hybridized carbons (Fsp3) is 0.250. The Bertz CT molecular complexity index is 486. The maximum atomic E-state index is 9.47. The summed E-state index contributed by atoms with van der Waals surface area (Å²) in [6.45, 7) is 2.11. The highest BCUT2D eigenvalue weighted by Crippen LogP contribution is 2.28. The van der Waals surface area contributed by atoms with E-state index >= 15 is 0 Å². The molecule has 0 saturated carbocycles. The molecule has 2 nitrogen and oxygen atoms in total. The number of aromatic hydroxyl groups is 2. The summed E-state index contributed by atoms with van der Waals surface area (Å²) in [6.07, 6.45) is 1.99. The maximum absolute atomic E-state index is 9.47. The van der Waals surface area contributed by atoms with Crippen LogP contribution < -0.4 is 0 Å². The molecule has 2 aromatic carbocycles. The molecule has 2 aromatic rings. The van der Waals surface area contributed by atoms with Gasteiger partial charge >= 0.3 is 0 Å². The molecule has 2 heteroatoms. The van der Waals surface area contributed by atoms with Crippen LogP contribution in [0.25, 0.3) is 0 Å². The lowest BCUT2D eigenvalue weighted by atomic mass is 9.94. The summed E-state index contributed by atoms with van der Waals surface area (Å²) in [5.41, 5.74) is 2.29. The van der Waals surface area contributed by atoms with Crippen molar-refractivity contribution in [2.24, 2.45) is 0 Å². The van der Waals surface area contributed by atoms with Gasteiger partial charge < -0.3 is 10.2 Å². The van der Waals surface area contributed by atoms with Gasteiger partial charge in [0, 0.05) is 6.07 Å². The molecule has 0 fully saturated rings. The first-order valence-electron chi connectivity index (χ1n) is 6.22. The van der Waals surface area contributed by atoms with Gasteiger partial charge in [-0.25, -0.2) is 0 Å². The van der Waals surface area contributed by atoms with Crippen LogP contribution in [-0.2, 0) is 6.42 Å². The van der Waals surface area contributed by atoms with Crippen LogP contribution in [0.15, 0.2) is 48.5 Å². The molecule has 1 unspecified atom stereocenters. The van der Waals surface area contributed by atoms with E-state index in [9.17, 15) is 10.2 Å². The largest absolute Gasteiger partial charge is 0.508 e. The molecular weight excluding hydrogens is 224 g/mol. The van der Waals surface area contributed by atoms with E-state index < -0.39 is 0 Å². The van der Waals surface area contributed by atoms with Gasteiger partial charge in [0.05, 0.1) is 0 Å². The molecule has 0 radical (unpaired) electrons. The van der Waals surface area contributed by atoms with E-state index in [4.69, 9.17) is 0 Å². The van der Waals surface area contributed by atoms with Crippen molar-refractivity contribution in [3.05, 3.63) is 59.7 Å². The molecule has 2 N–H and O–H groups in total. The van der Waals surface area contributed by atoms with Crippen LogP contribution >= 0.6 is 0 Å². The predicted octanol–water partition coefficient (Wildman–Crippen LogP) is 3.83. The molecule has 0 aliphatic heterocycles. The lowest BCUT2D eigenvalue weighted by Crippen LogP contribution is -1.96. The van der Waals surface area contributed by atoms with Crippen LogP contribution in [0.2, 0.25) is 0 Å². The van der Waals surface area contributed by atoms with Crippen molar-refractivity contribution in [2.45, 2.75) is 25.7 Å². The summed E-state index contributed by atoms with van der Waals surface area (Å²) >= 11 is 0. The van der Waals surface area contributed by atoms with Crippen LogP contribution in [0.3, 0.4) is 0 Å². The minimum Gasteiger partial charge on any atom is -0.508 e. The third kappa shape index (κ3) is 3.27. The topological polar surface area (TPSA) is 40.5 Å². The molecule has 0 heterocycles. The van der Waals surface area contributed by atoms with Gasteiger partial charge in [0.15, 0.2) is 0 Å². The molecule has 0 amide bonds. The Kier molecular flexibility index (Phi) is 3.88. The average Bonchev–Trinajstić information content (AvgIpc) is 2.36. The van der Waals surface area contributed by atoms with E-state index in [0.717, 1.165) is 18.4 Å². The van der Waals surface area contributed by atoms with Gasteiger partial charge in [-0.3, -0.25) is 0 Å². The maximum Gasteiger partial charge on any atom is 0.119 e. The van der Waals surface area contributed by atoms with Crippen LogP contribution in [0.1, 0.15) is 30.4 Å². The highest BCUT2D eigenvalue weighted by molar-refractivity contribution is 5.38. The van der Waals surface area contributed by atoms with Gasteiger partial charge in [0.1, 0.15) is 11.5 Å². The van der Waals surface area contributed by atoms with E-state index in [1.54, 1.807) is 12.1 Å². The Morgan fingerprint density at radius 1 is 0.944 bits per heavy atom. The van der Waals surface area contributed by atoms with E-state index in [0.29, 0.717) is 5.92 Å². The van der Waals surface area contributed by atoms with Crippen molar-refractivity contribution in [3.63, 3.8) is 0 Å². The summed E-state index contributed by atoms with van der Waals surface area (Å²) in [5, 5.41) is 18.9. The summed E-state index contributed by atoms with van der Waals surface area (Å²) in [4.78, 5) is 0. The fourth-order valence-corrected chi connectivity index (χ4v) is 2.10.